The van der Waals surface area contributed by atoms with Gasteiger partial charge in [0.1, 0.15) is 5.52 Å². The van der Waals surface area contributed by atoms with Crippen LogP contribution >= 0.6 is 0 Å². The number of rotatable bonds is 2. The van der Waals surface area contributed by atoms with Crippen LogP contribution in [0.4, 0.5) is 5.95 Å². The number of nitrogens with zero attached hydrogens (tertiary/aromatic N) is 4. The number of pyridine rings is 2. The predicted octanol–water partition coefficient (Wildman–Crippen LogP) is 2.07. The highest BCUT2D eigenvalue weighted by Gasteiger charge is 2.11. The molecule has 3 aromatic heterocycles. The molecule has 0 bridgehead atoms. The Kier molecular flexibility index (Phi) is 2.67. The second-order valence-electron chi connectivity index (χ2n) is 4.68. The lowest BCUT2D eigenvalue weighted by atomic mass is 10.2. The van der Waals surface area contributed by atoms with Gasteiger partial charge >= 0.3 is 0 Å². The van der Waals surface area contributed by atoms with Crippen molar-refractivity contribution in [3.8, 4) is 0 Å². The van der Waals surface area contributed by atoms with Gasteiger partial charge in [0.25, 0.3) is 0 Å². The van der Waals surface area contributed by atoms with E-state index in [1.165, 1.54) is 0 Å². The van der Waals surface area contributed by atoms with Crippen molar-refractivity contribution in [3.63, 3.8) is 0 Å². The minimum atomic E-state index is 0.471. The molecule has 0 radical (unpaired) electrons. The summed E-state index contributed by atoms with van der Waals surface area (Å²) in [6.45, 7) is 4.62. The van der Waals surface area contributed by atoms with Gasteiger partial charge in [-0.15, -0.1) is 0 Å². The molecule has 19 heavy (non-hydrogen) atoms. The van der Waals surface area contributed by atoms with Gasteiger partial charge in [0.15, 0.2) is 5.65 Å². The summed E-state index contributed by atoms with van der Waals surface area (Å²) in [4.78, 5) is 13.2. The Bertz CT molecular complexity index is 745. The van der Waals surface area contributed by atoms with E-state index in [0.29, 0.717) is 12.5 Å². The fourth-order valence-corrected chi connectivity index (χ4v) is 2.12. The standard InChI is InChI=1S/C14H15N5/c1-9-6-11-13(17-7-9)19(14(15)18-11)8-12-10(2)4-3-5-16-12/h3-7H,8H2,1-2H3,(H2,15,18). The lowest BCUT2D eigenvalue weighted by Crippen LogP contribution is -2.07. The molecule has 0 atom stereocenters. The molecule has 96 valence electrons. The highest BCUT2D eigenvalue weighted by molar-refractivity contribution is 5.74. The molecule has 3 rings (SSSR count). The van der Waals surface area contributed by atoms with Crippen molar-refractivity contribution in [1.82, 2.24) is 19.5 Å². The van der Waals surface area contributed by atoms with Crippen LogP contribution in [-0.4, -0.2) is 19.5 Å². The molecule has 0 saturated heterocycles. The van der Waals surface area contributed by atoms with Crippen molar-refractivity contribution in [2.45, 2.75) is 20.4 Å². The summed E-state index contributed by atoms with van der Waals surface area (Å²) in [6.07, 6.45) is 3.61. The smallest absolute Gasteiger partial charge is 0.202 e. The molecule has 0 aliphatic heterocycles. The number of nitrogens with two attached hydrogens (primary N) is 1. The van der Waals surface area contributed by atoms with Crippen LogP contribution in [0.3, 0.4) is 0 Å². The zero-order valence-electron chi connectivity index (χ0n) is 11.0. The molecule has 5 nitrogen and oxygen atoms in total. The molecule has 0 amide bonds. The minimum Gasteiger partial charge on any atom is -0.369 e. The van der Waals surface area contributed by atoms with Crippen LogP contribution in [0.15, 0.2) is 30.6 Å². The zero-order chi connectivity index (χ0) is 13.4. The number of fused-ring (bicyclic) bond motifs is 1. The highest BCUT2D eigenvalue weighted by atomic mass is 15.2. The first-order valence-electron chi connectivity index (χ1n) is 6.14. The summed E-state index contributed by atoms with van der Waals surface area (Å²) in [5.41, 5.74) is 10.8. The van der Waals surface area contributed by atoms with Crippen molar-refractivity contribution >= 4 is 17.1 Å². The number of nitrogen functional groups attached to an aromatic ring is 1. The first kappa shape index (κ1) is 11.6. The number of hydrogen-bond donors (Lipinski definition) is 1. The van der Waals surface area contributed by atoms with E-state index in [2.05, 4.69) is 15.0 Å². The van der Waals surface area contributed by atoms with E-state index in [4.69, 9.17) is 5.73 Å². The Hall–Kier alpha value is -2.43. The Morgan fingerprint density at radius 1 is 1.26 bits per heavy atom. The quantitative estimate of drug-likeness (QED) is 0.759. The molecule has 3 aromatic rings. The second kappa shape index (κ2) is 4.35. The minimum absolute atomic E-state index is 0.471. The average Bonchev–Trinajstić information content (AvgIpc) is 2.68. The number of anilines is 1. The summed E-state index contributed by atoms with van der Waals surface area (Å²) >= 11 is 0. The molecule has 0 unspecified atom stereocenters. The van der Waals surface area contributed by atoms with E-state index in [9.17, 15) is 0 Å². The van der Waals surface area contributed by atoms with E-state index in [0.717, 1.165) is 28.0 Å². The lowest BCUT2D eigenvalue weighted by Gasteiger charge is -2.07. The van der Waals surface area contributed by atoms with Crippen LogP contribution < -0.4 is 5.73 Å². The topological polar surface area (TPSA) is 69.6 Å². The molecule has 3 heterocycles. The fourth-order valence-electron chi connectivity index (χ4n) is 2.12. The Balaban J connectivity index is 2.10. The third-order valence-corrected chi connectivity index (χ3v) is 3.18. The Morgan fingerprint density at radius 3 is 2.89 bits per heavy atom. The number of aromatic nitrogens is 4. The highest BCUT2D eigenvalue weighted by Crippen LogP contribution is 2.18. The van der Waals surface area contributed by atoms with Crippen LogP contribution in [0.2, 0.25) is 0 Å². The summed E-state index contributed by atoms with van der Waals surface area (Å²) in [5.74, 6) is 0.471. The van der Waals surface area contributed by atoms with Crippen LogP contribution in [0.1, 0.15) is 16.8 Å². The van der Waals surface area contributed by atoms with Gasteiger partial charge in [-0.3, -0.25) is 9.55 Å². The maximum atomic E-state index is 5.99. The van der Waals surface area contributed by atoms with Gasteiger partial charge in [-0.25, -0.2) is 9.97 Å². The maximum Gasteiger partial charge on any atom is 0.202 e. The third-order valence-electron chi connectivity index (χ3n) is 3.18. The SMILES string of the molecule is Cc1cnc2c(c1)nc(N)n2Cc1ncccc1C. The molecular formula is C14H15N5. The van der Waals surface area contributed by atoms with Gasteiger partial charge in [0.05, 0.1) is 12.2 Å². The molecule has 2 N–H and O–H groups in total. The van der Waals surface area contributed by atoms with Crippen LogP contribution in [-0.2, 0) is 6.54 Å². The van der Waals surface area contributed by atoms with E-state index in [1.807, 2.05) is 42.8 Å². The largest absolute Gasteiger partial charge is 0.369 e. The number of aryl methyl sites for hydroxylation is 2. The van der Waals surface area contributed by atoms with E-state index >= 15 is 0 Å². The third kappa shape index (κ3) is 2.03. The Morgan fingerprint density at radius 2 is 2.11 bits per heavy atom. The number of hydrogen-bond acceptors (Lipinski definition) is 4. The molecule has 5 heteroatoms. The van der Waals surface area contributed by atoms with Crippen molar-refractivity contribution in [2.75, 3.05) is 5.73 Å². The Labute approximate surface area is 111 Å². The van der Waals surface area contributed by atoms with Gasteiger partial charge in [0, 0.05) is 12.4 Å². The molecular weight excluding hydrogens is 238 g/mol. The number of imidazole rings is 1. The fraction of sp³-hybridized carbons (Fsp3) is 0.214. The van der Waals surface area contributed by atoms with E-state index < -0.39 is 0 Å². The van der Waals surface area contributed by atoms with Crippen LogP contribution in [0, 0.1) is 13.8 Å². The molecule has 0 aromatic carbocycles. The summed E-state index contributed by atoms with van der Waals surface area (Å²) in [5, 5.41) is 0. The molecule has 0 fully saturated rings. The zero-order valence-corrected chi connectivity index (χ0v) is 11.0. The normalized spacial score (nSPS) is 11.1. The summed E-state index contributed by atoms with van der Waals surface area (Å²) in [7, 11) is 0. The van der Waals surface area contributed by atoms with Crippen LogP contribution in [0.5, 0.6) is 0 Å². The van der Waals surface area contributed by atoms with Gasteiger partial charge in [-0.1, -0.05) is 6.07 Å². The van der Waals surface area contributed by atoms with Crippen molar-refractivity contribution in [3.05, 3.63) is 47.4 Å². The van der Waals surface area contributed by atoms with Gasteiger partial charge in [-0.05, 0) is 37.1 Å². The van der Waals surface area contributed by atoms with Gasteiger partial charge < -0.3 is 5.73 Å². The molecule has 0 spiro atoms. The second-order valence-corrected chi connectivity index (χ2v) is 4.68. The van der Waals surface area contributed by atoms with E-state index in [-0.39, 0.29) is 0 Å². The first-order valence-corrected chi connectivity index (χ1v) is 6.14. The van der Waals surface area contributed by atoms with Crippen molar-refractivity contribution in [1.29, 1.82) is 0 Å². The monoisotopic (exact) mass is 253 g/mol. The summed E-state index contributed by atoms with van der Waals surface area (Å²) < 4.78 is 1.89. The summed E-state index contributed by atoms with van der Waals surface area (Å²) in [6, 6.07) is 5.95. The maximum absolute atomic E-state index is 5.99. The van der Waals surface area contributed by atoms with Gasteiger partial charge in [0.2, 0.25) is 5.95 Å². The molecule has 0 saturated carbocycles. The van der Waals surface area contributed by atoms with Crippen LogP contribution in [0.25, 0.3) is 11.2 Å². The average molecular weight is 253 g/mol. The molecule has 0 aliphatic rings. The lowest BCUT2D eigenvalue weighted by molar-refractivity contribution is 0.793. The van der Waals surface area contributed by atoms with Crippen molar-refractivity contribution < 1.29 is 0 Å². The molecule has 0 aliphatic carbocycles. The first-order chi connectivity index (χ1) is 9.15. The van der Waals surface area contributed by atoms with Crippen molar-refractivity contribution in [2.24, 2.45) is 0 Å². The van der Waals surface area contributed by atoms with E-state index in [1.54, 1.807) is 6.20 Å². The predicted molar refractivity (Wildman–Crippen MR) is 74.8 cm³/mol. The van der Waals surface area contributed by atoms with Gasteiger partial charge in [-0.2, -0.15) is 0 Å².